The number of rotatable bonds is 8. The highest BCUT2D eigenvalue weighted by Gasteiger charge is 2.20. The lowest BCUT2D eigenvalue weighted by molar-refractivity contribution is 0.0935. The molecule has 2 heterocycles. The van der Waals surface area contributed by atoms with E-state index in [0.29, 0.717) is 11.3 Å². The van der Waals surface area contributed by atoms with Gasteiger partial charge in [-0.3, -0.25) is 14.3 Å². The number of aromatic nitrogens is 4. The standard InChI is InChI=1S/C23H23BrN6O5/c1-13-5-3-4-6-18(13)35-12-16(31)11-30-19-20(29(2)23(34)27-21(19)33)26-22(30)28-25-10-14-9-15(24)7-8-17(14)32/h3-10,16,31-32H,11-12H2,1-2H3,(H,26,28)(H,27,33,34)/t16-/m1/s1. The summed E-state index contributed by atoms with van der Waals surface area (Å²) in [5, 5.41) is 24.8. The SMILES string of the molecule is Cc1ccccc1OC[C@H](O)Cn1c(NN=Cc2cc(Br)ccc2O)nc2c1c(=O)[nH]c(=O)n2C. The number of hydrogen-bond donors (Lipinski definition) is 4. The monoisotopic (exact) mass is 542 g/mol. The molecule has 0 saturated carbocycles. The molecule has 12 heteroatoms. The maximum atomic E-state index is 12.6. The molecule has 4 aromatic rings. The van der Waals surface area contributed by atoms with Gasteiger partial charge in [0.15, 0.2) is 11.2 Å². The van der Waals surface area contributed by atoms with Gasteiger partial charge in [0.25, 0.3) is 5.56 Å². The van der Waals surface area contributed by atoms with Crippen LogP contribution in [0.1, 0.15) is 11.1 Å². The third kappa shape index (κ3) is 5.28. The number of aryl methyl sites for hydroxylation is 2. The molecule has 1 atom stereocenters. The number of phenols is 1. The lowest BCUT2D eigenvalue weighted by atomic mass is 10.2. The Bertz CT molecular complexity index is 1520. The van der Waals surface area contributed by atoms with Crippen molar-refractivity contribution >= 4 is 39.3 Å². The van der Waals surface area contributed by atoms with E-state index in [0.717, 1.165) is 10.0 Å². The number of anilines is 1. The quantitative estimate of drug-likeness (QED) is 0.197. The Kier molecular flexibility index (Phi) is 7.03. The molecule has 0 aliphatic rings. The van der Waals surface area contributed by atoms with Gasteiger partial charge < -0.3 is 19.5 Å². The summed E-state index contributed by atoms with van der Waals surface area (Å²) < 4.78 is 9.10. The molecular weight excluding hydrogens is 520 g/mol. The summed E-state index contributed by atoms with van der Waals surface area (Å²) in [5.74, 6) is 0.779. The fraction of sp³-hybridized carbons (Fsp3) is 0.217. The van der Waals surface area contributed by atoms with Gasteiger partial charge in [0, 0.05) is 17.1 Å². The summed E-state index contributed by atoms with van der Waals surface area (Å²) in [7, 11) is 1.47. The van der Waals surface area contributed by atoms with Crippen molar-refractivity contribution < 1.29 is 14.9 Å². The minimum atomic E-state index is -1.01. The predicted octanol–water partition coefficient (Wildman–Crippen LogP) is 2.09. The summed E-state index contributed by atoms with van der Waals surface area (Å²) in [6.45, 7) is 1.79. The fourth-order valence-electron chi connectivity index (χ4n) is 3.45. The number of benzene rings is 2. The van der Waals surface area contributed by atoms with Crippen molar-refractivity contribution in [3.63, 3.8) is 0 Å². The Morgan fingerprint density at radius 3 is 2.83 bits per heavy atom. The van der Waals surface area contributed by atoms with Crippen LogP contribution < -0.4 is 21.4 Å². The van der Waals surface area contributed by atoms with Crippen molar-refractivity contribution in [3.8, 4) is 11.5 Å². The van der Waals surface area contributed by atoms with Gasteiger partial charge in [-0.15, -0.1) is 0 Å². The largest absolute Gasteiger partial charge is 0.507 e. The average molecular weight is 543 g/mol. The molecule has 0 spiro atoms. The van der Waals surface area contributed by atoms with Crippen molar-refractivity contribution in [1.29, 1.82) is 0 Å². The highest BCUT2D eigenvalue weighted by atomic mass is 79.9. The van der Waals surface area contributed by atoms with E-state index < -0.39 is 17.4 Å². The first-order valence-corrected chi connectivity index (χ1v) is 11.4. The number of ether oxygens (including phenoxy) is 1. The van der Waals surface area contributed by atoms with Gasteiger partial charge in [-0.25, -0.2) is 10.2 Å². The van der Waals surface area contributed by atoms with E-state index in [9.17, 15) is 19.8 Å². The third-order valence-corrected chi connectivity index (χ3v) is 5.78. The number of imidazole rings is 1. The lowest BCUT2D eigenvalue weighted by Gasteiger charge is -2.16. The molecule has 0 radical (unpaired) electrons. The van der Waals surface area contributed by atoms with Gasteiger partial charge in [0.1, 0.15) is 24.2 Å². The summed E-state index contributed by atoms with van der Waals surface area (Å²) in [6, 6.07) is 12.3. The molecular formula is C23H23BrN6O5. The number of aliphatic hydroxyl groups is 1. The molecule has 0 fully saturated rings. The Hall–Kier alpha value is -3.90. The number of aromatic hydroxyl groups is 1. The molecule has 0 aliphatic heterocycles. The number of halogens is 1. The molecule has 0 unspecified atom stereocenters. The molecule has 4 N–H and O–H groups in total. The Morgan fingerprint density at radius 1 is 1.29 bits per heavy atom. The van der Waals surface area contributed by atoms with Gasteiger partial charge in [0.05, 0.1) is 12.8 Å². The molecule has 0 aliphatic carbocycles. The number of hydrogen-bond acceptors (Lipinski definition) is 8. The number of nitrogens with one attached hydrogen (secondary N) is 2. The Morgan fingerprint density at radius 2 is 2.06 bits per heavy atom. The van der Waals surface area contributed by atoms with Gasteiger partial charge in [0.2, 0.25) is 5.95 Å². The number of aliphatic hydroxyl groups excluding tert-OH is 1. The third-order valence-electron chi connectivity index (χ3n) is 5.28. The molecule has 11 nitrogen and oxygen atoms in total. The van der Waals surface area contributed by atoms with Crippen molar-refractivity contribution in [2.45, 2.75) is 19.6 Å². The van der Waals surface area contributed by atoms with Crippen LogP contribution >= 0.6 is 15.9 Å². The molecule has 0 amide bonds. The second kappa shape index (κ2) is 10.2. The van der Waals surface area contributed by atoms with E-state index in [1.54, 1.807) is 18.2 Å². The number of fused-ring (bicyclic) bond motifs is 1. The maximum absolute atomic E-state index is 12.6. The molecule has 2 aromatic carbocycles. The zero-order valence-electron chi connectivity index (χ0n) is 18.9. The Balaban J connectivity index is 1.64. The average Bonchev–Trinajstić information content (AvgIpc) is 3.18. The van der Waals surface area contributed by atoms with E-state index in [2.05, 4.69) is 36.4 Å². The number of para-hydroxylation sites is 1. The van der Waals surface area contributed by atoms with Gasteiger partial charge in [-0.1, -0.05) is 34.1 Å². The van der Waals surface area contributed by atoms with Crippen LogP contribution in [0, 0.1) is 6.92 Å². The van der Waals surface area contributed by atoms with E-state index in [4.69, 9.17) is 4.74 Å². The molecule has 4 rings (SSSR count). The maximum Gasteiger partial charge on any atom is 0.329 e. The molecule has 0 bridgehead atoms. The summed E-state index contributed by atoms with van der Waals surface area (Å²) >= 11 is 3.33. The first kappa shape index (κ1) is 24.2. The first-order valence-electron chi connectivity index (χ1n) is 10.6. The zero-order chi connectivity index (χ0) is 25.1. The van der Waals surface area contributed by atoms with E-state index in [-0.39, 0.29) is 36.0 Å². The van der Waals surface area contributed by atoms with Crippen LogP contribution in [-0.2, 0) is 13.6 Å². The van der Waals surface area contributed by atoms with Crippen molar-refractivity contribution in [2.24, 2.45) is 12.1 Å². The molecule has 0 saturated heterocycles. The van der Waals surface area contributed by atoms with E-state index >= 15 is 0 Å². The van der Waals surface area contributed by atoms with Crippen LogP contribution in [0.2, 0.25) is 0 Å². The topological polar surface area (TPSA) is 147 Å². The summed E-state index contributed by atoms with van der Waals surface area (Å²) in [5.41, 5.74) is 3.03. The summed E-state index contributed by atoms with van der Waals surface area (Å²) in [4.78, 5) is 31.3. The van der Waals surface area contributed by atoms with Crippen molar-refractivity contribution in [2.75, 3.05) is 12.0 Å². The molecule has 35 heavy (non-hydrogen) atoms. The van der Waals surface area contributed by atoms with Crippen molar-refractivity contribution in [1.82, 2.24) is 19.1 Å². The van der Waals surface area contributed by atoms with Gasteiger partial charge in [-0.05, 0) is 36.8 Å². The van der Waals surface area contributed by atoms with E-state index in [1.165, 1.54) is 28.5 Å². The predicted molar refractivity (Wildman–Crippen MR) is 135 cm³/mol. The smallest absolute Gasteiger partial charge is 0.329 e. The normalized spacial score (nSPS) is 12.3. The fourth-order valence-corrected chi connectivity index (χ4v) is 3.83. The first-order chi connectivity index (χ1) is 16.7. The van der Waals surface area contributed by atoms with E-state index in [1.807, 2.05) is 25.1 Å². The van der Waals surface area contributed by atoms with Crippen molar-refractivity contribution in [3.05, 3.63) is 78.9 Å². The molecule has 182 valence electrons. The van der Waals surface area contributed by atoms with Gasteiger partial charge in [-0.2, -0.15) is 10.1 Å². The number of hydrazone groups is 1. The van der Waals surface area contributed by atoms with Crippen LogP contribution in [-0.4, -0.2) is 48.2 Å². The minimum Gasteiger partial charge on any atom is -0.507 e. The summed E-state index contributed by atoms with van der Waals surface area (Å²) in [6.07, 6.45) is 0.368. The highest BCUT2D eigenvalue weighted by Crippen LogP contribution is 2.21. The Labute approximate surface area is 207 Å². The second-order valence-electron chi connectivity index (χ2n) is 7.84. The van der Waals surface area contributed by atoms with Crippen LogP contribution in [0.5, 0.6) is 11.5 Å². The van der Waals surface area contributed by atoms with Crippen LogP contribution in [0.15, 0.2) is 61.6 Å². The zero-order valence-corrected chi connectivity index (χ0v) is 20.5. The van der Waals surface area contributed by atoms with Gasteiger partial charge >= 0.3 is 5.69 Å². The number of H-pyrrole nitrogens is 1. The molecule has 2 aromatic heterocycles. The highest BCUT2D eigenvalue weighted by molar-refractivity contribution is 9.10. The van der Waals surface area contributed by atoms with Crippen LogP contribution in [0.4, 0.5) is 5.95 Å². The number of nitrogens with zero attached hydrogens (tertiary/aromatic N) is 4. The number of aromatic amines is 1. The number of phenolic OH excluding ortho intramolecular Hbond substituents is 1. The minimum absolute atomic E-state index is 0.0230. The van der Waals surface area contributed by atoms with Crippen LogP contribution in [0.3, 0.4) is 0 Å². The second-order valence-corrected chi connectivity index (χ2v) is 8.76. The van der Waals surface area contributed by atoms with Crippen LogP contribution in [0.25, 0.3) is 11.2 Å². The lowest BCUT2D eigenvalue weighted by Crippen LogP contribution is -2.30.